The van der Waals surface area contributed by atoms with Crippen molar-refractivity contribution >= 4 is 27.3 Å². The van der Waals surface area contributed by atoms with Crippen LogP contribution >= 0.6 is 11.3 Å². The third-order valence-electron chi connectivity index (χ3n) is 2.49. The largest absolute Gasteiger partial charge is 0.317 e. The van der Waals surface area contributed by atoms with Crippen LogP contribution in [0.2, 0.25) is 0 Å². The van der Waals surface area contributed by atoms with Gasteiger partial charge in [-0.05, 0) is 37.7 Å². The minimum atomic E-state index is -3.60. The van der Waals surface area contributed by atoms with Gasteiger partial charge in [0.2, 0.25) is 5.95 Å². The number of aromatic nitrogens is 2. The van der Waals surface area contributed by atoms with Crippen molar-refractivity contribution in [2.24, 2.45) is 0 Å². The fourth-order valence-corrected chi connectivity index (χ4v) is 3.86. The second kappa shape index (κ2) is 6.78. The van der Waals surface area contributed by atoms with Gasteiger partial charge in [0.25, 0.3) is 10.0 Å². The standard InChI is InChI=1S/C12H16N4O2S2/c1-2-13-9-6-10-4-5-11(19-10)20(17,18)16-12-14-7-3-8-15-12/h3-5,7-8,13H,2,6,9H2,1H3,(H,14,15,16). The van der Waals surface area contributed by atoms with Crippen LogP contribution in [0.1, 0.15) is 11.8 Å². The SMILES string of the molecule is CCNCCc1ccc(S(=O)(=O)Nc2ncccn2)s1. The molecule has 20 heavy (non-hydrogen) atoms. The molecule has 0 amide bonds. The third-order valence-corrected chi connectivity index (χ3v) is 5.46. The van der Waals surface area contributed by atoms with Crippen molar-refractivity contribution in [3.8, 4) is 0 Å². The van der Waals surface area contributed by atoms with Crippen LogP contribution in [-0.2, 0) is 16.4 Å². The molecule has 0 aliphatic heterocycles. The van der Waals surface area contributed by atoms with Gasteiger partial charge in [-0.1, -0.05) is 6.92 Å². The van der Waals surface area contributed by atoms with Gasteiger partial charge in [-0.3, -0.25) is 0 Å². The van der Waals surface area contributed by atoms with Crippen LogP contribution in [0.15, 0.2) is 34.8 Å². The van der Waals surface area contributed by atoms with Gasteiger partial charge >= 0.3 is 0 Å². The van der Waals surface area contributed by atoms with Gasteiger partial charge in [0.05, 0.1) is 0 Å². The maximum atomic E-state index is 12.1. The summed E-state index contributed by atoms with van der Waals surface area (Å²) in [6, 6.07) is 5.07. The minimum Gasteiger partial charge on any atom is -0.317 e. The summed E-state index contributed by atoms with van der Waals surface area (Å²) >= 11 is 1.26. The fourth-order valence-electron chi connectivity index (χ4n) is 1.55. The van der Waals surface area contributed by atoms with Crippen LogP contribution in [0, 0.1) is 0 Å². The van der Waals surface area contributed by atoms with Crippen LogP contribution in [0.4, 0.5) is 5.95 Å². The molecular formula is C12H16N4O2S2. The average molecular weight is 312 g/mol. The molecule has 2 heterocycles. The summed E-state index contributed by atoms with van der Waals surface area (Å²) in [4.78, 5) is 8.73. The molecule has 0 fully saturated rings. The molecule has 2 N–H and O–H groups in total. The maximum absolute atomic E-state index is 12.1. The van der Waals surface area contributed by atoms with Crippen LogP contribution in [0.5, 0.6) is 0 Å². The summed E-state index contributed by atoms with van der Waals surface area (Å²) in [5.41, 5.74) is 0. The third kappa shape index (κ3) is 3.99. The van der Waals surface area contributed by atoms with E-state index in [0.29, 0.717) is 0 Å². The zero-order valence-corrected chi connectivity index (χ0v) is 12.7. The zero-order chi connectivity index (χ0) is 14.4. The van der Waals surface area contributed by atoms with E-state index < -0.39 is 10.0 Å². The molecule has 0 bridgehead atoms. The monoisotopic (exact) mass is 312 g/mol. The number of rotatable bonds is 7. The molecule has 0 unspecified atom stereocenters. The molecule has 0 aromatic carbocycles. The topological polar surface area (TPSA) is 84.0 Å². The number of nitrogens with zero attached hydrogens (tertiary/aromatic N) is 2. The first-order valence-electron chi connectivity index (χ1n) is 6.21. The molecule has 0 saturated heterocycles. The highest BCUT2D eigenvalue weighted by molar-refractivity contribution is 7.94. The molecule has 8 heteroatoms. The second-order valence-corrected chi connectivity index (χ2v) is 7.08. The van der Waals surface area contributed by atoms with E-state index in [9.17, 15) is 8.42 Å². The van der Waals surface area contributed by atoms with E-state index in [1.165, 1.54) is 23.7 Å². The lowest BCUT2D eigenvalue weighted by atomic mass is 10.3. The summed E-state index contributed by atoms with van der Waals surface area (Å²) in [7, 11) is -3.60. The summed E-state index contributed by atoms with van der Waals surface area (Å²) in [6.07, 6.45) is 3.79. The van der Waals surface area contributed by atoms with E-state index in [2.05, 4.69) is 20.0 Å². The Labute approximate surface area is 122 Å². The number of thiophene rings is 1. The van der Waals surface area contributed by atoms with Crippen molar-refractivity contribution in [2.45, 2.75) is 17.6 Å². The number of nitrogens with one attached hydrogen (secondary N) is 2. The molecule has 2 aromatic heterocycles. The van der Waals surface area contributed by atoms with Gasteiger partial charge in [-0.15, -0.1) is 11.3 Å². The van der Waals surface area contributed by atoms with Crippen molar-refractivity contribution in [1.29, 1.82) is 0 Å². The highest BCUT2D eigenvalue weighted by Gasteiger charge is 2.17. The Morgan fingerprint density at radius 3 is 2.70 bits per heavy atom. The normalized spacial score (nSPS) is 11.4. The Bertz CT molecular complexity index is 640. The number of hydrogen-bond acceptors (Lipinski definition) is 6. The van der Waals surface area contributed by atoms with Crippen molar-refractivity contribution < 1.29 is 8.42 Å². The lowest BCUT2D eigenvalue weighted by Gasteiger charge is -2.03. The first-order valence-corrected chi connectivity index (χ1v) is 8.51. The predicted molar refractivity (Wildman–Crippen MR) is 79.4 cm³/mol. The minimum absolute atomic E-state index is 0.0788. The average Bonchev–Trinajstić information content (AvgIpc) is 2.89. The molecule has 0 atom stereocenters. The van der Waals surface area contributed by atoms with Gasteiger partial charge in [-0.25, -0.2) is 23.1 Å². The van der Waals surface area contributed by atoms with Gasteiger partial charge in [0.15, 0.2) is 0 Å². The quantitative estimate of drug-likeness (QED) is 0.757. The molecule has 0 saturated carbocycles. The summed E-state index contributed by atoms with van der Waals surface area (Å²) in [5, 5.41) is 3.21. The smallest absolute Gasteiger partial charge is 0.273 e. The van der Waals surface area contributed by atoms with Crippen molar-refractivity contribution in [3.63, 3.8) is 0 Å². The lowest BCUT2D eigenvalue weighted by Crippen LogP contribution is -2.15. The van der Waals surface area contributed by atoms with E-state index in [4.69, 9.17) is 0 Å². The molecule has 0 spiro atoms. The zero-order valence-electron chi connectivity index (χ0n) is 11.0. The van der Waals surface area contributed by atoms with Crippen LogP contribution in [0.25, 0.3) is 0 Å². The number of likely N-dealkylation sites (N-methyl/N-ethyl adjacent to an activating group) is 1. The van der Waals surface area contributed by atoms with Gasteiger partial charge in [-0.2, -0.15) is 0 Å². The number of sulfonamides is 1. The summed E-state index contributed by atoms with van der Waals surface area (Å²) in [5.74, 6) is 0.0788. The highest BCUT2D eigenvalue weighted by atomic mass is 32.2. The molecule has 108 valence electrons. The predicted octanol–water partition coefficient (Wildman–Crippen LogP) is 1.49. The molecule has 2 rings (SSSR count). The van der Waals surface area contributed by atoms with Crippen LogP contribution < -0.4 is 10.0 Å². The second-order valence-electron chi connectivity index (χ2n) is 4.00. The number of hydrogen-bond donors (Lipinski definition) is 2. The maximum Gasteiger partial charge on any atom is 0.273 e. The molecule has 2 aromatic rings. The Kier molecular flexibility index (Phi) is 5.05. The van der Waals surface area contributed by atoms with Gasteiger partial charge in [0, 0.05) is 17.3 Å². The van der Waals surface area contributed by atoms with E-state index in [1.807, 2.05) is 13.0 Å². The summed E-state index contributed by atoms with van der Waals surface area (Å²) in [6.45, 7) is 3.78. The first-order chi connectivity index (χ1) is 9.62. The number of anilines is 1. The Morgan fingerprint density at radius 2 is 2.00 bits per heavy atom. The van der Waals surface area contributed by atoms with Crippen LogP contribution in [-0.4, -0.2) is 31.5 Å². The lowest BCUT2D eigenvalue weighted by molar-refractivity contribution is 0.602. The summed E-state index contributed by atoms with van der Waals surface area (Å²) < 4.78 is 26.9. The molecule has 6 nitrogen and oxygen atoms in total. The van der Waals surface area contributed by atoms with Crippen molar-refractivity contribution in [3.05, 3.63) is 35.5 Å². The highest BCUT2D eigenvalue weighted by Crippen LogP contribution is 2.23. The van der Waals surface area contributed by atoms with E-state index in [-0.39, 0.29) is 10.2 Å². The van der Waals surface area contributed by atoms with Crippen LogP contribution in [0.3, 0.4) is 0 Å². The molecule has 0 aliphatic carbocycles. The Balaban J connectivity index is 2.06. The van der Waals surface area contributed by atoms with Crippen molar-refractivity contribution in [2.75, 3.05) is 17.8 Å². The molecular weight excluding hydrogens is 296 g/mol. The molecule has 0 radical (unpaired) electrons. The Morgan fingerprint density at radius 1 is 1.25 bits per heavy atom. The van der Waals surface area contributed by atoms with E-state index in [1.54, 1.807) is 12.1 Å². The Hall–Kier alpha value is -1.51. The molecule has 0 aliphatic rings. The van der Waals surface area contributed by atoms with Gasteiger partial charge in [0.1, 0.15) is 4.21 Å². The fraction of sp³-hybridized carbons (Fsp3) is 0.333. The van der Waals surface area contributed by atoms with Gasteiger partial charge < -0.3 is 5.32 Å². The van der Waals surface area contributed by atoms with Crippen molar-refractivity contribution in [1.82, 2.24) is 15.3 Å². The first kappa shape index (κ1) is 14.9. The van der Waals surface area contributed by atoms with E-state index in [0.717, 1.165) is 24.4 Å². The van der Waals surface area contributed by atoms with E-state index >= 15 is 0 Å².